The minimum atomic E-state index is -0.505. The SMILES string of the molecule is CC1=C(c2nc(-c3ccc(C)cc3)no2)C(c2cccc(Cl)c2)NC(=O)N1c1cc(C)cc(C)c1. The normalized spacial score (nSPS) is 16.0. The first-order valence-electron chi connectivity index (χ1n) is 11.4. The van der Waals surface area contributed by atoms with Crippen LogP contribution in [0.5, 0.6) is 0 Å². The van der Waals surface area contributed by atoms with Crippen LogP contribution in [0.2, 0.25) is 5.02 Å². The number of amides is 2. The van der Waals surface area contributed by atoms with E-state index in [1.54, 1.807) is 11.0 Å². The Bertz CT molecular complexity index is 1440. The van der Waals surface area contributed by atoms with Crippen LogP contribution in [0.15, 0.2) is 77.0 Å². The highest BCUT2D eigenvalue weighted by molar-refractivity contribution is 6.30. The summed E-state index contributed by atoms with van der Waals surface area (Å²) in [6.45, 7) is 7.96. The Labute approximate surface area is 209 Å². The van der Waals surface area contributed by atoms with Crippen LogP contribution in [0.4, 0.5) is 10.5 Å². The molecule has 176 valence electrons. The van der Waals surface area contributed by atoms with Crippen molar-refractivity contribution in [3.63, 3.8) is 0 Å². The predicted molar refractivity (Wildman–Crippen MR) is 138 cm³/mol. The Morgan fingerprint density at radius 2 is 1.63 bits per heavy atom. The number of carbonyl (C=O) groups excluding carboxylic acids is 1. The van der Waals surface area contributed by atoms with Crippen LogP contribution >= 0.6 is 11.6 Å². The molecule has 4 aromatic rings. The molecule has 35 heavy (non-hydrogen) atoms. The summed E-state index contributed by atoms with van der Waals surface area (Å²) in [5, 5.41) is 7.94. The Morgan fingerprint density at radius 1 is 0.914 bits per heavy atom. The number of hydrogen-bond donors (Lipinski definition) is 1. The van der Waals surface area contributed by atoms with Gasteiger partial charge in [0.25, 0.3) is 5.89 Å². The van der Waals surface area contributed by atoms with Crippen molar-refractivity contribution >= 4 is 28.9 Å². The molecule has 1 aromatic heterocycles. The van der Waals surface area contributed by atoms with E-state index in [0.717, 1.165) is 39.1 Å². The lowest BCUT2D eigenvalue weighted by Crippen LogP contribution is -2.46. The lowest BCUT2D eigenvalue weighted by molar-refractivity contribution is 0.244. The number of nitrogens with one attached hydrogen (secondary N) is 1. The molecule has 2 amide bonds. The van der Waals surface area contributed by atoms with Crippen molar-refractivity contribution < 1.29 is 9.32 Å². The van der Waals surface area contributed by atoms with Crippen LogP contribution in [0.25, 0.3) is 17.0 Å². The van der Waals surface area contributed by atoms with E-state index in [1.165, 1.54) is 0 Å². The van der Waals surface area contributed by atoms with Gasteiger partial charge in [-0.05, 0) is 68.7 Å². The van der Waals surface area contributed by atoms with Crippen LogP contribution in [0.1, 0.15) is 41.1 Å². The third-order valence-corrected chi connectivity index (χ3v) is 6.33. The molecule has 0 saturated heterocycles. The molecule has 0 spiro atoms. The molecule has 0 aliphatic carbocycles. The van der Waals surface area contributed by atoms with Gasteiger partial charge in [-0.15, -0.1) is 0 Å². The van der Waals surface area contributed by atoms with E-state index >= 15 is 0 Å². The van der Waals surface area contributed by atoms with Crippen molar-refractivity contribution in [2.24, 2.45) is 0 Å². The number of carbonyl (C=O) groups is 1. The maximum atomic E-state index is 13.4. The van der Waals surface area contributed by atoms with Crippen molar-refractivity contribution in [1.29, 1.82) is 0 Å². The molecule has 7 heteroatoms. The first-order chi connectivity index (χ1) is 16.8. The molecular weight excluding hydrogens is 460 g/mol. The van der Waals surface area contributed by atoms with Crippen LogP contribution in [-0.2, 0) is 0 Å². The Morgan fingerprint density at radius 3 is 2.31 bits per heavy atom. The van der Waals surface area contributed by atoms with Crippen LogP contribution in [0.3, 0.4) is 0 Å². The van der Waals surface area contributed by atoms with Gasteiger partial charge >= 0.3 is 6.03 Å². The molecule has 1 unspecified atom stereocenters. The number of urea groups is 1. The van der Waals surface area contributed by atoms with Crippen molar-refractivity contribution in [1.82, 2.24) is 15.5 Å². The van der Waals surface area contributed by atoms with Gasteiger partial charge < -0.3 is 9.84 Å². The second kappa shape index (κ2) is 9.04. The number of rotatable bonds is 4. The Hall–Kier alpha value is -3.90. The van der Waals surface area contributed by atoms with E-state index in [9.17, 15) is 4.79 Å². The van der Waals surface area contributed by atoms with Crippen molar-refractivity contribution in [3.05, 3.63) is 106 Å². The number of nitrogens with zero attached hydrogens (tertiary/aromatic N) is 3. The van der Waals surface area contributed by atoms with Gasteiger partial charge in [0.15, 0.2) is 0 Å². The topological polar surface area (TPSA) is 71.3 Å². The quantitative estimate of drug-likeness (QED) is 0.338. The largest absolute Gasteiger partial charge is 0.334 e. The summed E-state index contributed by atoms with van der Waals surface area (Å²) in [5.74, 6) is 0.831. The maximum absolute atomic E-state index is 13.4. The average molecular weight is 485 g/mol. The van der Waals surface area contributed by atoms with Gasteiger partial charge in [-0.1, -0.05) is 64.8 Å². The first-order valence-corrected chi connectivity index (χ1v) is 11.7. The summed E-state index contributed by atoms with van der Waals surface area (Å²) in [6, 6.07) is 20.7. The number of allylic oxidation sites excluding steroid dienone is 1. The van der Waals surface area contributed by atoms with Crippen molar-refractivity contribution in [2.45, 2.75) is 33.7 Å². The first kappa shape index (κ1) is 22.9. The zero-order valence-corrected chi connectivity index (χ0v) is 20.7. The van der Waals surface area contributed by atoms with E-state index in [0.29, 0.717) is 22.4 Å². The summed E-state index contributed by atoms with van der Waals surface area (Å²) in [6.07, 6.45) is 0. The van der Waals surface area contributed by atoms with Crippen LogP contribution in [-0.4, -0.2) is 16.2 Å². The molecule has 0 fully saturated rings. The summed E-state index contributed by atoms with van der Waals surface area (Å²) in [5.41, 5.74) is 7.18. The minimum absolute atomic E-state index is 0.237. The highest BCUT2D eigenvalue weighted by atomic mass is 35.5. The molecule has 0 saturated carbocycles. The van der Waals surface area contributed by atoms with E-state index < -0.39 is 6.04 Å². The molecule has 5 rings (SSSR count). The standard InChI is InChI=1S/C28H25ClN4O2/c1-16-8-10-20(11-9-16)26-31-27(35-32-26)24-19(4)33(23-13-17(2)12-18(3)14-23)28(34)30-25(24)21-6-5-7-22(29)15-21/h5-15,25H,1-4H3,(H,30,34). The third kappa shape index (κ3) is 4.45. The molecule has 1 atom stereocenters. The molecule has 6 nitrogen and oxygen atoms in total. The van der Waals surface area contributed by atoms with Crippen LogP contribution < -0.4 is 10.2 Å². The van der Waals surface area contributed by atoms with E-state index in [-0.39, 0.29) is 6.03 Å². The minimum Gasteiger partial charge on any atom is -0.334 e. The molecular formula is C28H25ClN4O2. The second-order valence-electron chi connectivity index (χ2n) is 8.91. The summed E-state index contributed by atoms with van der Waals surface area (Å²) in [7, 11) is 0. The van der Waals surface area contributed by atoms with Gasteiger partial charge in [0, 0.05) is 16.3 Å². The van der Waals surface area contributed by atoms with E-state index in [4.69, 9.17) is 21.1 Å². The zero-order chi connectivity index (χ0) is 24.7. The Balaban J connectivity index is 1.67. The Kier molecular flexibility index (Phi) is 5.91. The number of hydrogen-bond acceptors (Lipinski definition) is 4. The molecule has 1 N–H and O–H groups in total. The lowest BCUT2D eigenvalue weighted by atomic mass is 9.94. The van der Waals surface area contributed by atoms with Crippen LogP contribution in [0, 0.1) is 20.8 Å². The highest BCUT2D eigenvalue weighted by Gasteiger charge is 2.36. The number of aromatic nitrogens is 2. The number of halogens is 1. The van der Waals surface area contributed by atoms with E-state index in [1.807, 2.05) is 82.3 Å². The molecule has 0 bridgehead atoms. The fourth-order valence-corrected chi connectivity index (χ4v) is 4.70. The molecule has 2 heterocycles. The summed E-state index contributed by atoms with van der Waals surface area (Å²) in [4.78, 5) is 19.8. The monoisotopic (exact) mass is 484 g/mol. The second-order valence-corrected chi connectivity index (χ2v) is 9.34. The van der Waals surface area contributed by atoms with Gasteiger partial charge in [0.05, 0.1) is 17.3 Å². The summed E-state index contributed by atoms with van der Waals surface area (Å²) < 4.78 is 5.78. The maximum Gasteiger partial charge on any atom is 0.326 e. The van der Waals surface area contributed by atoms with Gasteiger partial charge in [0.1, 0.15) is 0 Å². The van der Waals surface area contributed by atoms with Gasteiger partial charge in [-0.3, -0.25) is 4.90 Å². The van der Waals surface area contributed by atoms with Gasteiger partial charge in [-0.2, -0.15) is 4.98 Å². The van der Waals surface area contributed by atoms with E-state index in [2.05, 4.69) is 16.5 Å². The smallest absolute Gasteiger partial charge is 0.326 e. The zero-order valence-electron chi connectivity index (χ0n) is 20.0. The number of benzene rings is 3. The lowest BCUT2D eigenvalue weighted by Gasteiger charge is -2.35. The summed E-state index contributed by atoms with van der Waals surface area (Å²) >= 11 is 6.30. The fourth-order valence-electron chi connectivity index (χ4n) is 4.50. The average Bonchev–Trinajstić information content (AvgIpc) is 3.28. The third-order valence-electron chi connectivity index (χ3n) is 6.10. The van der Waals surface area contributed by atoms with Gasteiger partial charge in [0.2, 0.25) is 5.82 Å². The van der Waals surface area contributed by atoms with Crippen molar-refractivity contribution in [2.75, 3.05) is 4.90 Å². The fraction of sp³-hybridized carbons (Fsp3) is 0.179. The van der Waals surface area contributed by atoms with Crippen molar-refractivity contribution in [3.8, 4) is 11.4 Å². The number of aryl methyl sites for hydroxylation is 3. The highest BCUT2D eigenvalue weighted by Crippen LogP contribution is 2.40. The number of anilines is 1. The molecule has 1 aliphatic rings. The molecule has 3 aromatic carbocycles. The van der Waals surface area contributed by atoms with Gasteiger partial charge in [-0.25, -0.2) is 4.79 Å². The molecule has 0 radical (unpaired) electrons. The molecule has 1 aliphatic heterocycles. The predicted octanol–water partition coefficient (Wildman–Crippen LogP) is 7.02.